The first-order chi connectivity index (χ1) is 13.1. The summed E-state index contributed by atoms with van der Waals surface area (Å²) >= 11 is 12.0. The van der Waals surface area contributed by atoms with Gasteiger partial charge in [0.25, 0.3) is 5.91 Å². The maximum absolute atomic E-state index is 12.4. The molecule has 5 nitrogen and oxygen atoms in total. The molecule has 0 aliphatic rings. The van der Waals surface area contributed by atoms with Crippen molar-refractivity contribution in [1.29, 1.82) is 5.26 Å². The maximum Gasteiger partial charge on any atom is 0.251 e. The third-order valence-corrected chi connectivity index (χ3v) is 4.26. The van der Waals surface area contributed by atoms with E-state index in [1.54, 1.807) is 48.5 Å². The second kappa shape index (κ2) is 8.54. The molecule has 134 valence electrons. The van der Waals surface area contributed by atoms with Gasteiger partial charge in [-0.25, -0.2) is 4.98 Å². The van der Waals surface area contributed by atoms with Crippen LogP contribution in [-0.2, 0) is 6.54 Å². The van der Waals surface area contributed by atoms with Crippen molar-refractivity contribution in [3.05, 3.63) is 87.5 Å². The lowest BCUT2D eigenvalue weighted by molar-refractivity contribution is 0.0950. The van der Waals surface area contributed by atoms with Gasteiger partial charge in [0, 0.05) is 34.4 Å². The minimum atomic E-state index is -0.304. The number of nitrogens with one attached hydrogen (secondary N) is 1. The fourth-order valence-electron chi connectivity index (χ4n) is 2.31. The van der Waals surface area contributed by atoms with E-state index in [0.717, 1.165) is 5.56 Å². The van der Waals surface area contributed by atoms with Gasteiger partial charge in [-0.15, -0.1) is 0 Å². The number of halogens is 2. The van der Waals surface area contributed by atoms with E-state index in [-0.39, 0.29) is 18.3 Å². The Labute approximate surface area is 166 Å². The highest BCUT2D eigenvalue weighted by molar-refractivity contribution is 6.35. The number of carbonyl (C=O) groups is 1. The van der Waals surface area contributed by atoms with E-state index in [0.29, 0.717) is 26.9 Å². The van der Waals surface area contributed by atoms with Gasteiger partial charge in [0.15, 0.2) is 0 Å². The number of hydrogen-bond acceptors (Lipinski definition) is 4. The Balaban J connectivity index is 1.71. The highest BCUT2D eigenvalue weighted by atomic mass is 35.5. The molecule has 0 spiro atoms. The van der Waals surface area contributed by atoms with Gasteiger partial charge in [-0.2, -0.15) is 5.26 Å². The lowest BCUT2D eigenvalue weighted by atomic mass is 10.2. The predicted octanol–water partition coefficient (Wildman–Crippen LogP) is 4.98. The van der Waals surface area contributed by atoms with Crippen molar-refractivity contribution in [3.63, 3.8) is 0 Å². The average molecular weight is 398 g/mol. The van der Waals surface area contributed by atoms with Crippen LogP contribution >= 0.6 is 23.2 Å². The third kappa shape index (κ3) is 4.76. The van der Waals surface area contributed by atoms with E-state index in [9.17, 15) is 4.79 Å². The van der Waals surface area contributed by atoms with Gasteiger partial charge in [0.05, 0.1) is 5.56 Å². The Hall–Kier alpha value is -3.07. The number of amides is 1. The third-order valence-electron chi connectivity index (χ3n) is 3.67. The molecule has 3 rings (SSSR count). The highest BCUT2D eigenvalue weighted by Gasteiger charge is 2.10. The topological polar surface area (TPSA) is 75.0 Å². The fraction of sp³-hybridized carbons (Fsp3) is 0.0500. The van der Waals surface area contributed by atoms with Crippen molar-refractivity contribution in [2.45, 2.75) is 6.54 Å². The lowest BCUT2D eigenvalue weighted by Crippen LogP contribution is -2.23. The Morgan fingerprint density at radius 1 is 1.15 bits per heavy atom. The van der Waals surface area contributed by atoms with Crippen LogP contribution in [0.2, 0.25) is 10.0 Å². The second-order valence-corrected chi connectivity index (χ2v) is 6.35. The molecule has 0 saturated heterocycles. The molecule has 0 aliphatic heterocycles. The first kappa shape index (κ1) is 18.7. The molecule has 0 saturated carbocycles. The molecule has 3 aromatic rings. The zero-order valence-corrected chi connectivity index (χ0v) is 15.5. The molecule has 0 radical (unpaired) electrons. The first-order valence-corrected chi connectivity index (χ1v) is 8.67. The molecule has 1 aromatic heterocycles. The molecule has 1 N–H and O–H groups in total. The van der Waals surface area contributed by atoms with E-state index < -0.39 is 0 Å². The van der Waals surface area contributed by atoms with E-state index in [4.69, 9.17) is 33.2 Å². The van der Waals surface area contributed by atoms with Gasteiger partial charge < -0.3 is 10.1 Å². The quantitative estimate of drug-likeness (QED) is 0.658. The maximum atomic E-state index is 12.4. The number of benzene rings is 2. The van der Waals surface area contributed by atoms with Crippen molar-refractivity contribution in [2.24, 2.45) is 0 Å². The summed E-state index contributed by atoms with van der Waals surface area (Å²) in [5.41, 5.74) is 1.51. The highest BCUT2D eigenvalue weighted by Crippen LogP contribution is 2.24. The molecule has 7 heteroatoms. The minimum absolute atomic E-state index is 0.217. The standard InChI is InChI=1S/C20H13Cl2N3O2/c21-16-6-5-15(17(22)10-16)12-25-20(26)13-7-8-24-19(9-13)27-18-4-2-1-3-14(18)11-23/h1-10H,12H2,(H,25,26). The lowest BCUT2D eigenvalue weighted by Gasteiger charge is -2.09. The molecule has 0 atom stereocenters. The summed E-state index contributed by atoms with van der Waals surface area (Å²) in [6.45, 7) is 0.255. The Kier molecular flexibility index (Phi) is 5.92. The van der Waals surface area contributed by atoms with Crippen LogP contribution < -0.4 is 10.1 Å². The molecular formula is C20H13Cl2N3O2. The summed E-state index contributed by atoms with van der Waals surface area (Å²) in [7, 11) is 0. The van der Waals surface area contributed by atoms with Gasteiger partial charge in [-0.1, -0.05) is 41.4 Å². The number of nitriles is 1. The van der Waals surface area contributed by atoms with Crippen LogP contribution in [0.5, 0.6) is 11.6 Å². The van der Waals surface area contributed by atoms with Gasteiger partial charge in [-0.3, -0.25) is 4.79 Å². The van der Waals surface area contributed by atoms with Crippen LogP contribution in [0.4, 0.5) is 0 Å². The molecular weight excluding hydrogens is 385 g/mol. The van der Waals surface area contributed by atoms with Gasteiger partial charge in [0.1, 0.15) is 11.8 Å². The van der Waals surface area contributed by atoms with Crippen molar-refractivity contribution >= 4 is 29.1 Å². The number of hydrogen-bond donors (Lipinski definition) is 1. The Morgan fingerprint density at radius 3 is 2.74 bits per heavy atom. The summed E-state index contributed by atoms with van der Waals surface area (Å²) in [5, 5.41) is 12.9. The average Bonchev–Trinajstić information content (AvgIpc) is 2.68. The summed E-state index contributed by atoms with van der Waals surface area (Å²) in [5.74, 6) is 0.287. The zero-order valence-electron chi connectivity index (χ0n) is 13.9. The number of carbonyl (C=O) groups excluding carboxylic acids is 1. The van der Waals surface area contributed by atoms with E-state index in [1.807, 2.05) is 6.07 Å². The molecule has 2 aromatic carbocycles. The van der Waals surface area contributed by atoms with Crippen molar-refractivity contribution in [2.75, 3.05) is 0 Å². The molecule has 0 fully saturated rings. The van der Waals surface area contributed by atoms with Crippen LogP contribution in [0.1, 0.15) is 21.5 Å². The predicted molar refractivity (Wildman–Crippen MR) is 103 cm³/mol. The van der Waals surface area contributed by atoms with Crippen LogP contribution in [0, 0.1) is 11.3 Å². The molecule has 0 unspecified atom stereocenters. The SMILES string of the molecule is N#Cc1ccccc1Oc1cc(C(=O)NCc2ccc(Cl)cc2Cl)ccn1. The number of rotatable bonds is 5. The number of pyridine rings is 1. The number of aromatic nitrogens is 1. The monoisotopic (exact) mass is 397 g/mol. The van der Waals surface area contributed by atoms with E-state index in [1.165, 1.54) is 12.3 Å². The molecule has 0 aliphatic carbocycles. The van der Waals surface area contributed by atoms with Gasteiger partial charge >= 0.3 is 0 Å². The summed E-state index contributed by atoms with van der Waals surface area (Å²) in [6.07, 6.45) is 1.47. The van der Waals surface area contributed by atoms with Crippen LogP contribution in [0.15, 0.2) is 60.8 Å². The smallest absolute Gasteiger partial charge is 0.251 e. The summed E-state index contributed by atoms with van der Waals surface area (Å²) in [4.78, 5) is 16.5. The Morgan fingerprint density at radius 2 is 1.96 bits per heavy atom. The normalized spacial score (nSPS) is 10.1. The van der Waals surface area contributed by atoms with Crippen molar-refractivity contribution in [3.8, 4) is 17.7 Å². The number of ether oxygens (including phenoxy) is 1. The Bertz CT molecular complexity index is 1030. The van der Waals surface area contributed by atoms with Crippen LogP contribution in [0.25, 0.3) is 0 Å². The van der Waals surface area contributed by atoms with Gasteiger partial charge in [0.2, 0.25) is 5.88 Å². The number of para-hydroxylation sites is 1. The first-order valence-electron chi connectivity index (χ1n) is 7.92. The molecule has 0 bridgehead atoms. The van der Waals surface area contributed by atoms with E-state index in [2.05, 4.69) is 10.3 Å². The molecule has 27 heavy (non-hydrogen) atoms. The summed E-state index contributed by atoms with van der Waals surface area (Å²) in [6, 6.07) is 17.0. The largest absolute Gasteiger partial charge is 0.438 e. The molecule has 1 heterocycles. The fourth-order valence-corrected chi connectivity index (χ4v) is 2.79. The molecule has 1 amide bonds. The van der Waals surface area contributed by atoms with E-state index >= 15 is 0 Å². The summed E-state index contributed by atoms with van der Waals surface area (Å²) < 4.78 is 5.64. The zero-order chi connectivity index (χ0) is 19.2. The van der Waals surface area contributed by atoms with Gasteiger partial charge in [-0.05, 0) is 35.9 Å². The van der Waals surface area contributed by atoms with Crippen molar-refractivity contribution < 1.29 is 9.53 Å². The van der Waals surface area contributed by atoms with Crippen LogP contribution in [0.3, 0.4) is 0 Å². The number of nitrogens with zero attached hydrogens (tertiary/aromatic N) is 2. The van der Waals surface area contributed by atoms with Crippen molar-refractivity contribution in [1.82, 2.24) is 10.3 Å². The minimum Gasteiger partial charge on any atom is -0.438 e. The second-order valence-electron chi connectivity index (χ2n) is 5.51. The van der Waals surface area contributed by atoms with Crippen LogP contribution in [-0.4, -0.2) is 10.9 Å².